The summed E-state index contributed by atoms with van der Waals surface area (Å²) in [7, 11) is 0. The molecule has 0 radical (unpaired) electrons. The largest absolute Gasteiger partial charge is 0.296 e. The van der Waals surface area contributed by atoms with Crippen LogP contribution in [-0.4, -0.2) is 16.5 Å². The summed E-state index contributed by atoms with van der Waals surface area (Å²) in [5.74, 6) is 1.64. The average Bonchev–Trinajstić information content (AvgIpc) is 2.75. The summed E-state index contributed by atoms with van der Waals surface area (Å²) in [6.07, 6.45) is 4.65. The van der Waals surface area contributed by atoms with Gasteiger partial charge in [0, 0.05) is 10.2 Å². The summed E-state index contributed by atoms with van der Waals surface area (Å²) in [5.41, 5.74) is 1.41. The van der Waals surface area contributed by atoms with E-state index in [0.717, 1.165) is 28.9 Å². The van der Waals surface area contributed by atoms with E-state index < -0.39 is 0 Å². The third-order valence-corrected chi connectivity index (χ3v) is 7.19. The molecule has 1 aromatic carbocycles. The molecule has 1 aliphatic carbocycles. The molecule has 2 fully saturated rings. The van der Waals surface area contributed by atoms with Crippen molar-refractivity contribution in [2.45, 2.75) is 51.3 Å². The number of hydrogen-bond donors (Lipinski definition) is 0. The van der Waals surface area contributed by atoms with Crippen molar-refractivity contribution in [1.29, 1.82) is 0 Å². The molecule has 1 spiro atoms. The Hall–Kier alpha value is -0.480. The second-order valence-corrected chi connectivity index (χ2v) is 9.84. The van der Waals surface area contributed by atoms with Gasteiger partial charge in [-0.05, 0) is 55.2 Å². The van der Waals surface area contributed by atoms with Gasteiger partial charge in [0.2, 0.25) is 5.91 Å². The molecule has 22 heavy (non-hydrogen) atoms. The summed E-state index contributed by atoms with van der Waals surface area (Å²) >= 11 is 5.39. The number of benzene rings is 1. The third-order valence-electron chi connectivity index (χ3n) is 5.18. The molecule has 4 heteroatoms. The van der Waals surface area contributed by atoms with Crippen LogP contribution in [0.5, 0.6) is 0 Å². The number of nitrogens with zero attached hydrogens (tertiary/aromatic N) is 1. The highest BCUT2D eigenvalue weighted by Gasteiger charge is 2.49. The Morgan fingerprint density at radius 3 is 2.55 bits per heavy atom. The number of carbonyl (C=O) groups is 1. The molecule has 120 valence electrons. The first-order chi connectivity index (χ1) is 10.3. The molecule has 0 atom stereocenters. The maximum absolute atomic E-state index is 12.5. The fraction of sp³-hybridized carbons (Fsp3) is 0.611. The lowest BCUT2D eigenvalue weighted by Crippen LogP contribution is -2.48. The van der Waals surface area contributed by atoms with Crippen molar-refractivity contribution >= 4 is 39.3 Å². The van der Waals surface area contributed by atoms with Gasteiger partial charge in [-0.2, -0.15) is 0 Å². The lowest BCUT2D eigenvalue weighted by atomic mass is 9.71. The number of carbonyl (C=O) groups excluding carboxylic acids is 1. The van der Waals surface area contributed by atoms with Crippen LogP contribution in [-0.2, 0) is 4.79 Å². The van der Waals surface area contributed by atoms with Crippen molar-refractivity contribution in [2.24, 2.45) is 11.3 Å². The van der Waals surface area contributed by atoms with Crippen molar-refractivity contribution in [3.8, 4) is 0 Å². The molecular formula is C18H24BrNOS. The van der Waals surface area contributed by atoms with Crippen LogP contribution in [0, 0.1) is 11.3 Å². The quantitative estimate of drug-likeness (QED) is 0.643. The van der Waals surface area contributed by atoms with Gasteiger partial charge in [0.05, 0.1) is 10.6 Å². The van der Waals surface area contributed by atoms with Gasteiger partial charge in [-0.15, -0.1) is 11.8 Å². The van der Waals surface area contributed by atoms with Crippen LogP contribution in [0.3, 0.4) is 0 Å². The van der Waals surface area contributed by atoms with E-state index in [0.29, 0.717) is 11.2 Å². The Morgan fingerprint density at radius 2 is 1.95 bits per heavy atom. The summed E-state index contributed by atoms with van der Waals surface area (Å²) in [6, 6.07) is 8.16. The van der Waals surface area contributed by atoms with Crippen LogP contribution in [0.15, 0.2) is 28.7 Å². The normalized spacial score (nSPS) is 29.4. The molecule has 1 aromatic rings. The highest BCUT2D eigenvalue weighted by molar-refractivity contribution is 9.10. The predicted molar refractivity (Wildman–Crippen MR) is 98.2 cm³/mol. The molecule has 1 aliphatic heterocycles. The van der Waals surface area contributed by atoms with E-state index >= 15 is 0 Å². The number of amides is 1. The van der Waals surface area contributed by atoms with Crippen LogP contribution in [0.4, 0.5) is 5.69 Å². The molecular weight excluding hydrogens is 358 g/mol. The van der Waals surface area contributed by atoms with Crippen LogP contribution >= 0.6 is 27.7 Å². The van der Waals surface area contributed by atoms with Crippen LogP contribution in [0.25, 0.3) is 0 Å². The Morgan fingerprint density at radius 1 is 1.27 bits per heavy atom. The second kappa shape index (κ2) is 5.86. The van der Waals surface area contributed by atoms with Crippen molar-refractivity contribution in [3.05, 3.63) is 28.7 Å². The predicted octanol–water partition coefficient (Wildman–Crippen LogP) is 5.46. The van der Waals surface area contributed by atoms with Gasteiger partial charge < -0.3 is 0 Å². The van der Waals surface area contributed by atoms with Crippen molar-refractivity contribution in [2.75, 3.05) is 10.7 Å². The van der Waals surface area contributed by atoms with Gasteiger partial charge >= 0.3 is 0 Å². The van der Waals surface area contributed by atoms with Crippen molar-refractivity contribution in [1.82, 2.24) is 0 Å². The van der Waals surface area contributed by atoms with E-state index in [1.54, 1.807) is 0 Å². The Labute approximate surface area is 146 Å². The topological polar surface area (TPSA) is 20.3 Å². The monoisotopic (exact) mass is 381 g/mol. The lowest BCUT2D eigenvalue weighted by Gasteiger charge is -2.45. The molecule has 1 saturated heterocycles. The number of rotatable bonds is 1. The lowest BCUT2D eigenvalue weighted by molar-refractivity contribution is -0.116. The van der Waals surface area contributed by atoms with E-state index in [9.17, 15) is 4.79 Å². The van der Waals surface area contributed by atoms with Crippen molar-refractivity contribution < 1.29 is 4.79 Å². The highest BCUT2D eigenvalue weighted by atomic mass is 79.9. The molecule has 3 rings (SSSR count). The molecule has 0 bridgehead atoms. The molecule has 2 nitrogen and oxygen atoms in total. The van der Waals surface area contributed by atoms with E-state index in [1.807, 2.05) is 23.9 Å². The zero-order valence-corrected chi connectivity index (χ0v) is 16.0. The average molecular weight is 382 g/mol. The van der Waals surface area contributed by atoms with Gasteiger partial charge in [0.1, 0.15) is 0 Å². The van der Waals surface area contributed by atoms with E-state index in [4.69, 9.17) is 0 Å². The van der Waals surface area contributed by atoms with Gasteiger partial charge in [-0.1, -0.05) is 42.8 Å². The zero-order chi connectivity index (χ0) is 16.0. The maximum atomic E-state index is 12.5. The second-order valence-electron chi connectivity index (χ2n) is 7.58. The molecule has 1 heterocycles. The van der Waals surface area contributed by atoms with E-state index in [-0.39, 0.29) is 10.8 Å². The molecule has 0 unspecified atom stereocenters. The third kappa shape index (κ3) is 2.96. The van der Waals surface area contributed by atoms with E-state index in [2.05, 4.69) is 53.7 Å². The molecule has 0 N–H and O–H groups in total. The molecule has 1 amide bonds. The number of thioether (sulfide) groups is 1. The molecule has 1 saturated carbocycles. The van der Waals surface area contributed by atoms with Crippen LogP contribution in [0.2, 0.25) is 0 Å². The minimum Gasteiger partial charge on any atom is -0.296 e. The van der Waals surface area contributed by atoms with Crippen molar-refractivity contribution in [3.63, 3.8) is 0 Å². The minimum absolute atomic E-state index is 0.0143. The molecule has 2 aliphatic rings. The fourth-order valence-corrected chi connectivity index (χ4v) is 5.62. The Bertz CT molecular complexity index is 573. The maximum Gasteiger partial charge on any atom is 0.238 e. The van der Waals surface area contributed by atoms with Crippen LogP contribution < -0.4 is 4.90 Å². The first kappa shape index (κ1) is 16.4. The Kier molecular flexibility index (Phi) is 4.36. The minimum atomic E-state index is -0.0143. The molecule has 0 aromatic heterocycles. The summed E-state index contributed by atoms with van der Waals surface area (Å²) < 4.78 is 1.04. The first-order valence-corrected chi connectivity index (χ1v) is 9.82. The summed E-state index contributed by atoms with van der Waals surface area (Å²) in [5, 5.41) is 0. The first-order valence-electron chi connectivity index (χ1n) is 8.04. The number of halogens is 1. The van der Waals surface area contributed by atoms with Crippen LogP contribution in [0.1, 0.15) is 46.5 Å². The number of hydrogen-bond acceptors (Lipinski definition) is 2. The van der Waals surface area contributed by atoms with Gasteiger partial charge in [0.15, 0.2) is 0 Å². The van der Waals surface area contributed by atoms with Gasteiger partial charge in [-0.3, -0.25) is 9.69 Å². The SMILES string of the molecule is CC(C)(C)C1CCC2(CC1)SCC(=O)N2c1cccc(Br)c1. The smallest absolute Gasteiger partial charge is 0.238 e. The van der Waals surface area contributed by atoms with E-state index in [1.165, 1.54) is 12.8 Å². The zero-order valence-electron chi connectivity index (χ0n) is 13.6. The van der Waals surface area contributed by atoms with Gasteiger partial charge in [-0.25, -0.2) is 0 Å². The summed E-state index contributed by atoms with van der Waals surface area (Å²) in [6.45, 7) is 7.03. The standard InChI is InChI=1S/C18H24BrNOS/c1-17(2,3)13-7-9-18(10-8-13)20(16(21)12-22-18)15-6-4-5-14(19)11-15/h4-6,11,13H,7-10,12H2,1-3H3. The highest BCUT2D eigenvalue weighted by Crippen LogP contribution is 2.52. The van der Waals surface area contributed by atoms with Gasteiger partial charge in [0.25, 0.3) is 0 Å². The number of anilines is 1. The Balaban J connectivity index is 1.86. The fourth-order valence-electron chi connectivity index (χ4n) is 3.85. The summed E-state index contributed by atoms with van der Waals surface area (Å²) in [4.78, 5) is 14.6.